The second-order valence-electron chi connectivity index (χ2n) is 13.1. The van der Waals surface area contributed by atoms with Crippen molar-refractivity contribution in [1.82, 2.24) is 0 Å². The Morgan fingerprint density at radius 2 is 1.23 bits per heavy atom. The van der Waals surface area contributed by atoms with Gasteiger partial charge in [-0.05, 0) is 109 Å². The summed E-state index contributed by atoms with van der Waals surface area (Å²) in [7, 11) is -7.78. The van der Waals surface area contributed by atoms with Gasteiger partial charge in [0.1, 0.15) is 27.7 Å². The van der Waals surface area contributed by atoms with Gasteiger partial charge in [-0.25, -0.2) is 0 Å². The molecule has 0 fully saturated rings. The zero-order valence-electron chi connectivity index (χ0n) is 31.4. The molecule has 6 N–H and O–H groups in total. The Bertz CT molecular complexity index is 3170. The number of nitrogen functional groups attached to an aromatic ring is 1. The highest BCUT2D eigenvalue weighted by atomic mass is 32.2. The lowest BCUT2D eigenvalue weighted by Gasteiger charge is -2.09. The molecule has 302 valence electrons. The largest absolute Gasteiger partial charge is 0.505 e. The molecule has 0 aliphatic heterocycles. The van der Waals surface area contributed by atoms with E-state index in [4.69, 9.17) is 10.5 Å². The fourth-order valence-electron chi connectivity index (χ4n) is 6.02. The average Bonchev–Trinajstić information content (AvgIpc) is 3.22. The second kappa shape index (κ2) is 16.4. The van der Waals surface area contributed by atoms with E-state index in [1.165, 1.54) is 61.7 Å². The van der Waals surface area contributed by atoms with Crippen LogP contribution in [-0.2, 0) is 20.2 Å². The van der Waals surface area contributed by atoms with Gasteiger partial charge in [0.05, 0.1) is 29.1 Å². The summed E-state index contributed by atoms with van der Waals surface area (Å²) >= 11 is 0. The maximum absolute atomic E-state index is 12.7. The van der Waals surface area contributed by atoms with Gasteiger partial charge in [0.2, 0.25) is 0 Å². The third-order valence-corrected chi connectivity index (χ3v) is 10.8. The van der Waals surface area contributed by atoms with Gasteiger partial charge in [-0.2, -0.15) is 21.9 Å². The number of fused-ring (bicyclic) bond motifs is 2. The van der Waals surface area contributed by atoms with Crippen LogP contribution in [-0.4, -0.2) is 44.1 Å². The summed E-state index contributed by atoms with van der Waals surface area (Å²) in [6.07, 6.45) is 0. The molecule has 7 aromatic rings. The first-order chi connectivity index (χ1) is 28.6. The van der Waals surface area contributed by atoms with Gasteiger partial charge < -0.3 is 20.9 Å². The smallest absolute Gasteiger partial charge is 0.296 e. The van der Waals surface area contributed by atoms with Crippen molar-refractivity contribution >= 4 is 93.2 Å². The number of nitrogens with two attached hydrogens (primary N) is 1. The number of rotatable bonds is 11. The molecule has 0 heterocycles. The van der Waals surface area contributed by atoms with Crippen molar-refractivity contribution in [3.05, 3.63) is 132 Å². The Labute approximate surface area is 342 Å². The number of methoxy groups -OCH3 is 1. The number of phenols is 1. The molecule has 1 amide bonds. The van der Waals surface area contributed by atoms with Gasteiger partial charge >= 0.3 is 0 Å². The number of aryl methyl sites for hydroxylation is 1. The summed E-state index contributed by atoms with van der Waals surface area (Å²) in [5, 5.41) is 41.1. The number of anilines is 2. The highest BCUT2D eigenvalue weighted by molar-refractivity contribution is 7.86. The van der Waals surface area contributed by atoms with Crippen LogP contribution in [0.5, 0.6) is 11.5 Å². The molecule has 0 unspecified atom stereocenters. The molecule has 0 spiro atoms. The predicted molar refractivity (Wildman–Crippen MR) is 225 cm³/mol. The van der Waals surface area contributed by atoms with Crippen LogP contribution >= 0.6 is 0 Å². The van der Waals surface area contributed by atoms with E-state index in [-0.39, 0.29) is 51.2 Å². The molecule has 0 aliphatic carbocycles. The maximum atomic E-state index is 12.7. The molecule has 0 aliphatic rings. The summed E-state index contributed by atoms with van der Waals surface area (Å²) in [5.74, 6) is -0.296. The van der Waals surface area contributed by atoms with Gasteiger partial charge in [0, 0.05) is 39.2 Å². The fraction of sp³-hybridized carbons (Fsp3) is 0.0488. The zero-order chi connectivity index (χ0) is 42.8. The highest BCUT2D eigenvalue weighted by Gasteiger charge is 2.17. The zero-order valence-corrected chi connectivity index (χ0v) is 33.0. The third-order valence-electron chi connectivity index (χ3n) is 9.08. The Kier molecular flexibility index (Phi) is 11.2. The third kappa shape index (κ3) is 8.83. The molecular weight excluding hydrogens is 813 g/mol. The molecule has 0 saturated carbocycles. The van der Waals surface area contributed by atoms with E-state index in [0.717, 1.165) is 0 Å². The lowest BCUT2D eigenvalue weighted by atomic mass is 10.1. The topological polar surface area (TPSA) is 267 Å². The van der Waals surface area contributed by atoms with Crippen LogP contribution in [0.1, 0.15) is 15.9 Å². The van der Waals surface area contributed by atoms with Gasteiger partial charge in [0.15, 0.2) is 5.75 Å². The highest BCUT2D eigenvalue weighted by Crippen LogP contribution is 2.41. The number of phenolic OH excluding ortho intramolecular Hbond substituents is 1. The van der Waals surface area contributed by atoms with E-state index in [9.17, 15) is 35.8 Å². The first-order valence-corrected chi connectivity index (χ1v) is 20.4. The molecule has 0 saturated heterocycles. The molecule has 0 atom stereocenters. The minimum atomic E-state index is -4.63. The number of carbonyl (C=O) groups excluding carboxylic acids is 1. The molecule has 7 rings (SSSR count). The Morgan fingerprint density at radius 3 is 1.93 bits per heavy atom. The lowest BCUT2D eigenvalue weighted by Crippen LogP contribution is -2.11. The minimum Gasteiger partial charge on any atom is -0.505 e. The van der Waals surface area contributed by atoms with E-state index in [0.29, 0.717) is 44.3 Å². The predicted octanol–water partition coefficient (Wildman–Crippen LogP) is 10.6. The number of azo groups is 3. The molecular formula is C41H32N8O9S2. The maximum Gasteiger partial charge on any atom is 0.296 e. The molecule has 7 aromatic carbocycles. The van der Waals surface area contributed by atoms with E-state index in [1.807, 2.05) is 0 Å². The van der Waals surface area contributed by atoms with Crippen LogP contribution in [0, 0.1) is 6.92 Å². The quantitative estimate of drug-likeness (QED) is 0.0467. The number of nitrogens with one attached hydrogen (secondary N) is 1. The normalized spacial score (nSPS) is 12.3. The van der Waals surface area contributed by atoms with Gasteiger partial charge in [0.25, 0.3) is 26.1 Å². The number of carbonyl (C=O) groups is 1. The first-order valence-electron chi connectivity index (χ1n) is 17.6. The number of ether oxygens (including phenoxy) is 1. The van der Waals surface area contributed by atoms with Crippen LogP contribution in [0.15, 0.2) is 162 Å². The van der Waals surface area contributed by atoms with E-state index < -0.39 is 30.0 Å². The number of aromatic hydroxyl groups is 1. The standard InChI is InChI=1S/C41H32N8O9S2/c1-23-19-37(38(58-2)22-36(23)48-46-34-5-3-4-6-39(34)60(55,56)57)49-44-32-17-18-33(31-21-28(59(52,53)54)13-15-30(31)32)45-47-35-16-9-25-20-27(12-14-29(25)40(35)50)43-41(51)24-7-10-26(42)11-8-24/h3-22,50H,42H2,1-2H3,(H,43,51)(H,52,53,54)(H,55,56,57). The van der Waals surface area contributed by atoms with Gasteiger partial charge in [-0.15, -0.1) is 25.6 Å². The van der Waals surface area contributed by atoms with Crippen molar-refractivity contribution in [3.8, 4) is 11.5 Å². The Balaban J connectivity index is 1.18. The van der Waals surface area contributed by atoms with Crippen molar-refractivity contribution in [2.45, 2.75) is 16.7 Å². The minimum absolute atomic E-state index is 0.0725. The van der Waals surface area contributed by atoms with Crippen LogP contribution in [0.2, 0.25) is 0 Å². The molecule has 19 heteroatoms. The SMILES string of the molecule is COc1cc(N=Nc2ccccc2S(=O)(=O)O)c(C)cc1N=Nc1ccc(N=Nc2ccc3cc(NC(=O)c4ccc(N)cc4)ccc3c2O)c2cc(S(=O)(=O)O)ccc12. The number of amides is 1. The van der Waals surface area contributed by atoms with Crippen molar-refractivity contribution in [3.63, 3.8) is 0 Å². The van der Waals surface area contributed by atoms with Gasteiger partial charge in [-0.1, -0.05) is 24.3 Å². The van der Waals surface area contributed by atoms with Crippen LogP contribution in [0.4, 0.5) is 45.5 Å². The van der Waals surface area contributed by atoms with Crippen molar-refractivity contribution in [2.24, 2.45) is 30.7 Å². The summed E-state index contributed by atoms with van der Waals surface area (Å²) in [5.41, 5.74) is 8.80. The molecule has 60 heavy (non-hydrogen) atoms. The number of hydrogen-bond donors (Lipinski definition) is 5. The van der Waals surface area contributed by atoms with Crippen LogP contribution < -0.4 is 15.8 Å². The van der Waals surface area contributed by atoms with Crippen molar-refractivity contribution < 1.29 is 40.6 Å². The summed E-state index contributed by atoms with van der Waals surface area (Å²) in [6.45, 7) is 1.71. The van der Waals surface area contributed by atoms with Gasteiger partial charge in [-0.3, -0.25) is 13.9 Å². The summed E-state index contributed by atoms with van der Waals surface area (Å²) in [4.78, 5) is 11.9. The fourth-order valence-corrected chi connectivity index (χ4v) is 7.15. The summed E-state index contributed by atoms with van der Waals surface area (Å²) in [6, 6.07) is 30.2. The molecule has 0 bridgehead atoms. The number of hydrogen-bond acceptors (Lipinski definition) is 14. The number of benzene rings is 7. The Hall–Kier alpha value is -7.45. The van der Waals surface area contributed by atoms with E-state index in [2.05, 4.69) is 36.0 Å². The van der Waals surface area contributed by atoms with E-state index >= 15 is 0 Å². The first kappa shape index (κ1) is 40.7. The second-order valence-corrected chi connectivity index (χ2v) is 15.9. The van der Waals surface area contributed by atoms with Crippen molar-refractivity contribution in [2.75, 3.05) is 18.2 Å². The van der Waals surface area contributed by atoms with Crippen LogP contribution in [0.25, 0.3) is 21.5 Å². The molecule has 17 nitrogen and oxygen atoms in total. The Morgan fingerprint density at radius 1 is 0.617 bits per heavy atom. The lowest BCUT2D eigenvalue weighted by molar-refractivity contribution is 0.102. The number of nitrogens with zero attached hydrogens (tertiary/aromatic N) is 6. The average molecular weight is 845 g/mol. The summed E-state index contributed by atoms with van der Waals surface area (Å²) < 4.78 is 72.8. The van der Waals surface area contributed by atoms with Crippen molar-refractivity contribution in [1.29, 1.82) is 0 Å². The van der Waals surface area contributed by atoms with E-state index in [1.54, 1.807) is 73.7 Å². The van der Waals surface area contributed by atoms with Crippen LogP contribution in [0.3, 0.4) is 0 Å². The molecule has 0 radical (unpaired) electrons. The monoisotopic (exact) mass is 844 g/mol. The molecule has 0 aromatic heterocycles.